The third-order valence-corrected chi connectivity index (χ3v) is 5.10. The van der Waals surface area contributed by atoms with Gasteiger partial charge in [0.2, 0.25) is 10.0 Å². The summed E-state index contributed by atoms with van der Waals surface area (Å²) in [6.07, 6.45) is 7.99. The Morgan fingerprint density at radius 1 is 1.20 bits per heavy atom. The van der Waals surface area contributed by atoms with Gasteiger partial charge in [0.25, 0.3) is 0 Å². The molecule has 1 aromatic carbocycles. The largest absolute Gasteiger partial charge is 0.328 e. The molecule has 0 aliphatic rings. The second kappa shape index (κ2) is 7.26. The minimum absolute atomic E-state index is 0.0984. The molecule has 3 rings (SSSR count). The van der Waals surface area contributed by atoms with Crippen LogP contribution >= 0.6 is 11.6 Å². The van der Waals surface area contributed by atoms with Crippen LogP contribution in [0.5, 0.6) is 0 Å². The van der Waals surface area contributed by atoms with Gasteiger partial charge in [-0.2, -0.15) is 0 Å². The zero-order valence-corrected chi connectivity index (χ0v) is 14.4. The lowest BCUT2D eigenvalue weighted by Crippen LogP contribution is -2.27. The van der Waals surface area contributed by atoms with Gasteiger partial charge in [0.1, 0.15) is 11.5 Å². The number of halogens is 2. The number of benzene rings is 1. The van der Waals surface area contributed by atoms with E-state index < -0.39 is 15.8 Å². The van der Waals surface area contributed by atoms with E-state index in [0.29, 0.717) is 18.1 Å². The summed E-state index contributed by atoms with van der Waals surface area (Å²) in [5.74, 6) is -0.0928. The molecular weight excluding hydrogens is 369 g/mol. The number of hydrogen-bond acceptors (Lipinski definition) is 5. The maximum atomic E-state index is 13.2. The Morgan fingerprint density at radius 3 is 2.76 bits per heavy atom. The van der Waals surface area contributed by atoms with Crippen molar-refractivity contribution in [2.45, 2.75) is 11.4 Å². The van der Waals surface area contributed by atoms with Crippen LogP contribution in [0.15, 0.2) is 54.1 Å². The van der Waals surface area contributed by atoms with Crippen LogP contribution in [-0.4, -0.2) is 34.5 Å². The van der Waals surface area contributed by atoms with Gasteiger partial charge in [0.15, 0.2) is 5.82 Å². The molecule has 0 unspecified atom stereocenters. The zero-order chi connectivity index (χ0) is 17.9. The maximum absolute atomic E-state index is 13.2. The van der Waals surface area contributed by atoms with Crippen molar-refractivity contribution >= 4 is 21.6 Å². The minimum Gasteiger partial charge on any atom is -0.328 e. The van der Waals surface area contributed by atoms with E-state index in [-0.39, 0.29) is 16.5 Å². The molecule has 0 radical (unpaired) electrons. The van der Waals surface area contributed by atoms with Gasteiger partial charge in [0.05, 0.1) is 16.1 Å². The Morgan fingerprint density at radius 2 is 2.04 bits per heavy atom. The van der Waals surface area contributed by atoms with Crippen LogP contribution < -0.4 is 4.72 Å². The molecule has 0 saturated heterocycles. The summed E-state index contributed by atoms with van der Waals surface area (Å²) in [6.45, 7) is 0.445. The Kier molecular flexibility index (Phi) is 5.07. The summed E-state index contributed by atoms with van der Waals surface area (Å²) in [6, 6.07) is 3.24. The normalized spacial score (nSPS) is 11.6. The molecule has 1 N–H and O–H groups in total. The summed E-state index contributed by atoms with van der Waals surface area (Å²) in [7, 11) is -3.79. The van der Waals surface area contributed by atoms with Crippen LogP contribution in [-0.2, 0) is 16.6 Å². The van der Waals surface area contributed by atoms with E-state index in [4.69, 9.17) is 11.6 Å². The lowest BCUT2D eigenvalue weighted by molar-refractivity contribution is 0.572. The van der Waals surface area contributed by atoms with Gasteiger partial charge in [-0.05, 0) is 18.2 Å². The fourth-order valence-corrected chi connectivity index (χ4v) is 3.46. The lowest BCUT2D eigenvalue weighted by atomic mass is 10.3. The average Bonchev–Trinajstić information content (AvgIpc) is 3.06. The second-order valence-corrected chi connectivity index (χ2v) is 7.18. The first-order valence-electron chi connectivity index (χ1n) is 7.19. The van der Waals surface area contributed by atoms with E-state index in [0.717, 1.165) is 18.2 Å². The minimum atomic E-state index is -3.79. The Hall–Kier alpha value is -2.36. The lowest BCUT2D eigenvalue weighted by Gasteiger charge is -2.10. The number of hydrogen-bond donors (Lipinski definition) is 1. The monoisotopic (exact) mass is 381 g/mol. The molecule has 2 heterocycles. The van der Waals surface area contributed by atoms with Crippen LogP contribution in [0.4, 0.5) is 4.39 Å². The van der Waals surface area contributed by atoms with Crippen LogP contribution in [0.2, 0.25) is 5.02 Å². The molecule has 0 saturated carbocycles. The van der Waals surface area contributed by atoms with Gasteiger partial charge in [0, 0.05) is 37.9 Å². The summed E-state index contributed by atoms with van der Waals surface area (Å²) >= 11 is 5.63. The predicted molar refractivity (Wildman–Crippen MR) is 89.9 cm³/mol. The summed E-state index contributed by atoms with van der Waals surface area (Å²) in [5, 5.41) is -0.248. The smallest absolute Gasteiger partial charge is 0.240 e. The number of rotatable bonds is 6. The first-order chi connectivity index (χ1) is 12.0. The highest BCUT2D eigenvalue weighted by Crippen LogP contribution is 2.19. The molecule has 130 valence electrons. The van der Waals surface area contributed by atoms with Crippen molar-refractivity contribution in [3.8, 4) is 11.5 Å². The van der Waals surface area contributed by atoms with Gasteiger partial charge >= 0.3 is 0 Å². The molecule has 0 atom stereocenters. The fourth-order valence-electron chi connectivity index (χ4n) is 2.17. The van der Waals surface area contributed by atoms with E-state index >= 15 is 0 Å². The van der Waals surface area contributed by atoms with Crippen LogP contribution in [0.3, 0.4) is 0 Å². The SMILES string of the molecule is O=S(=O)(NCCn1ccnc1-c1cnccn1)c1ccc(F)c(Cl)c1. The molecule has 0 spiro atoms. The maximum Gasteiger partial charge on any atom is 0.240 e. The first-order valence-corrected chi connectivity index (χ1v) is 9.06. The zero-order valence-electron chi connectivity index (χ0n) is 12.8. The van der Waals surface area contributed by atoms with Crippen molar-refractivity contribution in [1.29, 1.82) is 0 Å². The van der Waals surface area contributed by atoms with Crippen molar-refractivity contribution < 1.29 is 12.8 Å². The molecule has 7 nitrogen and oxygen atoms in total. The molecule has 10 heteroatoms. The quantitative estimate of drug-likeness (QED) is 0.706. The van der Waals surface area contributed by atoms with Crippen LogP contribution in [0.1, 0.15) is 0 Å². The number of imidazole rings is 1. The van der Waals surface area contributed by atoms with E-state index in [9.17, 15) is 12.8 Å². The molecular formula is C15H13ClFN5O2S. The van der Waals surface area contributed by atoms with Crippen LogP contribution in [0, 0.1) is 5.82 Å². The highest BCUT2D eigenvalue weighted by Gasteiger charge is 2.16. The van der Waals surface area contributed by atoms with Gasteiger partial charge < -0.3 is 4.57 Å². The molecule has 25 heavy (non-hydrogen) atoms. The molecule has 0 bridgehead atoms. The van der Waals surface area contributed by atoms with Crippen LogP contribution in [0.25, 0.3) is 11.5 Å². The van der Waals surface area contributed by atoms with Gasteiger partial charge in [-0.3, -0.25) is 4.98 Å². The number of nitrogens with one attached hydrogen (secondary N) is 1. The van der Waals surface area contributed by atoms with Gasteiger partial charge in [-0.15, -0.1) is 0 Å². The number of sulfonamides is 1. The fraction of sp³-hybridized carbons (Fsp3) is 0.133. The average molecular weight is 382 g/mol. The molecule has 3 aromatic rings. The Balaban J connectivity index is 1.69. The molecule has 0 amide bonds. The molecule has 2 aromatic heterocycles. The Bertz CT molecular complexity index is 979. The topological polar surface area (TPSA) is 89.8 Å². The highest BCUT2D eigenvalue weighted by atomic mass is 35.5. The standard InChI is InChI=1S/C15H13ClFN5O2S/c16-12-9-11(1-2-13(12)17)25(23,24)21-6-8-22-7-5-20-15(22)14-10-18-3-4-19-14/h1-5,7,9-10,21H,6,8H2. The first kappa shape index (κ1) is 17.5. The van der Waals surface area contributed by atoms with Crippen molar-refractivity contribution in [3.05, 3.63) is 60.0 Å². The predicted octanol–water partition coefficient (Wildman–Crippen LogP) is 2.11. The van der Waals surface area contributed by atoms with Crippen molar-refractivity contribution in [1.82, 2.24) is 24.2 Å². The molecule has 0 aliphatic heterocycles. The van der Waals surface area contributed by atoms with E-state index in [1.807, 2.05) is 0 Å². The van der Waals surface area contributed by atoms with Gasteiger partial charge in [-0.1, -0.05) is 11.6 Å². The number of nitrogens with zero attached hydrogens (tertiary/aromatic N) is 4. The van der Waals surface area contributed by atoms with E-state index in [1.54, 1.807) is 35.6 Å². The van der Waals surface area contributed by atoms with Crippen molar-refractivity contribution in [2.75, 3.05) is 6.54 Å². The summed E-state index contributed by atoms with van der Waals surface area (Å²) in [5.41, 5.74) is 0.584. The second-order valence-electron chi connectivity index (χ2n) is 5.01. The van der Waals surface area contributed by atoms with E-state index in [1.165, 1.54) is 0 Å². The van der Waals surface area contributed by atoms with Gasteiger partial charge in [-0.25, -0.2) is 27.5 Å². The van der Waals surface area contributed by atoms with Crippen molar-refractivity contribution in [2.24, 2.45) is 0 Å². The highest BCUT2D eigenvalue weighted by molar-refractivity contribution is 7.89. The molecule has 0 fully saturated rings. The number of aromatic nitrogens is 4. The third-order valence-electron chi connectivity index (χ3n) is 3.35. The van der Waals surface area contributed by atoms with Crippen molar-refractivity contribution in [3.63, 3.8) is 0 Å². The third kappa shape index (κ3) is 4.01. The summed E-state index contributed by atoms with van der Waals surface area (Å²) < 4.78 is 41.8. The molecule has 0 aliphatic carbocycles. The summed E-state index contributed by atoms with van der Waals surface area (Å²) in [4.78, 5) is 12.3. The Labute approximate surface area is 148 Å². The van der Waals surface area contributed by atoms with E-state index in [2.05, 4.69) is 19.7 Å².